The van der Waals surface area contributed by atoms with E-state index in [4.69, 9.17) is 4.74 Å². The number of rotatable bonds is 4. The van der Waals surface area contributed by atoms with Crippen molar-refractivity contribution in [3.63, 3.8) is 0 Å². The number of fused-ring (bicyclic) bond motifs is 1. The zero-order valence-corrected chi connectivity index (χ0v) is 18.5. The van der Waals surface area contributed by atoms with Gasteiger partial charge in [0, 0.05) is 30.7 Å². The summed E-state index contributed by atoms with van der Waals surface area (Å²) in [6, 6.07) is 2.67. The molecular formula is C23H28FN3O5. The smallest absolute Gasteiger partial charge is 0.407 e. The number of nitrogens with one attached hydrogen (secondary N) is 1. The van der Waals surface area contributed by atoms with Crippen molar-refractivity contribution < 1.29 is 23.8 Å². The summed E-state index contributed by atoms with van der Waals surface area (Å²) >= 11 is 0. The summed E-state index contributed by atoms with van der Waals surface area (Å²) in [5.74, 6) is -1.90. The second-order valence-electron chi connectivity index (χ2n) is 9.57. The third kappa shape index (κ3) is 4.28. The number of carboxylic acids is 1. The van der Waals surface area contributed by atoms with Crippen molar-refractivity contribution in [3.05, 3.63) is 39.9 Å². The van der Waals surface area contributed by atoms with Crippen molar-refractivity contribution in [2.24, 2.45) is 0 Å². The lowest BCUT2D eigenvalue weighted by atomic mass is 9.92. The normalized spacial score (nSPS) is 19.1. The van der Waals surface area contributed by atoms with Crippen LogP contribution in [0.4, 0.5) is 14.9 Å². The van der Waals surface area contributed by atoms with Crippen LogP contribution in [0.5, 0.6) is 0 Å². The fraction of sp³-hybridized carbons (Fsp3) is 0.522. The predicted octanol–water partition coefficient (Wildman–Crippen LogP) is 3.67. The highest BCUT2D eigenvalue weighted by Crippen LogP contribution is 2.36. The van der Waals surface area contributed by atoms with Gasteiger partial charge in [0.15, 0.2) is 0 Å². The number of aromatic nitrogens is 1. The molecule has 1 saturated heterocycles. The van der Waals surface area contributed by atoms with Gasteiger partial charge in [-0.3, -0.25) is 4.79 Å². The first-order valence-corrected chi connectivity index (χ1v) is 10.9. The summed E-state index contributed by atoms with van der Waals surface area (Å²) in [6.45, 7) is 6.30. The highest BCUT2D eigenvalue weighted by Gasteiger charge is 2.29. The number of carbonyl (C=O) groups excluding carboxylic acids is 1. The van der Waals surface area contributed by atoms with Crippen LogP contribution < -0.4 is 15.6 Å². The number of aromatic carboxylic acids is 1. The molecule has 0 spiro atoms. The molecule has 2 fully saturated rings. The van der Waals surface area contributed by atoms with Crippen molar-refractivity contribution >= 4 is 28.7 Å². The summed E-state index contributed by atoms with van der Waals surface area (Å²) in [5, 5.41) is 12.3. The number of nitrogens with zero attached hydrogens (tertiary/aromatic N) is 2. The minimum absolute atomic E-state index is 0.0701. The maximum absolute atomic E-state index is 15.1. The number of carboxylic acid groups (broad SMARTS) is 1. The lowest BCUT2D eigenvalue weighted by molar-refractivity contribution is 0.0508. The first-order chi connectivity index (χ1) is 15.0. The molecule has 1 aliphatic carbocycles. The van der Waals surface area contributed by atoms with Gasteiger partial charge in [-0.25, -0.2) is 14.0 Å². The molecule has 1 atom stereocenters. The number of ether oxygens (including phenoxy) is 1. The Hall–Kier alpha value is -3.10. The molecule has 8 nitrogen and oxygen atoms in total. The fourth-order valence-corrected chi connectivity index (χ4v) is 4.29. The summed E-state index contributed by atoms with van der Waals surface area (Å²) in [6.07, 6.45) is 4.30. The Labute approximate surface area is 185 Å². The number of halogens is 1. The number of hydrogen-bond donors (Lipinski definition) is 2. The molecule has 1 saturated carbocycles. The van der Waals surface area contributed by atoms with Crippen LogP contribution in [0.1, 0.15) is 62.9 Å². The van der Waals surface area contributed by atoms with Crippen LogP contribution >= 0.6 is 0 Å². The van der Waals surface area contributed by atoms with Crippen LogP contribution in [-0.4, -0.2) is 46.5 Å². The van der Waals surface area contributed by atoms with Gasteiger partial charge in [0.2, 0.25) is 5.43 Å². The Morgan fingerprint density at radius 2 is 1.94 bits per heavy atom. The lowest BCUT2D eigenvalue weighted by Gasteiger charge is -2.30. The van der Waals surface area contributed by atoms with E-state index in [2.05, 4.69) is 5.32 Å². The maximum Gasteiger partial charge on any atom is 0.407 e. The van der Waals surface area contributed by atoms with Gasteiger partial charge in [0.05, 0.1) is 17.2 Å². The third-order valence-corrected chi connectivity index (χ3v) is 6.05. The largest absolute Gasteiger partial charge is 0.477 e. The number of pyridine rings is 1. The van der Waals surface area contributed by atoms with Gasteiger partial charge >= 0.3 is 12.1 Å². The van der Waals surface area contributed by atoms with Crippen molar-refractivity contribution in [2.45, 2.75) is 64.1 Å². The minimum Gasteiger partial charge on any atom is -0.477 e. The molecule has 0 bridgehead atoms. The summed E-state index contributed by atoms with van der Waals surface area (Å²) in [7, 11) is 0. The van der Waals surface area contributed by atoms with Gasteiger partial charge in [-0.15, -0.1) is 0 Å². The van der Waals surface area contributed by atoms with Crippen LogP contribution in [0.25, 0.3) is 10.9 Å². The number of alkyl carbamates (subject to hydrolysis) is 1. The summed E-state index contributed by atoms with van der Waals surface area (Å²) in [5.41, 5.74) is -0.766. The Kier molecular flexibility index (Phi) is 5.60. The molecule has 1 aromatic carbocycles. The van der Waals surface area contributed by atoms with E-state index < -0.39 is 28.9 Å². The highest BCUT2D eigenvalue weighted by atomic mass is 19.1. The molecular weight excluding hydrogens is 417 g/mol. The molecule has 2 aromatic rings. The van der Waals surface area contributed by atoms with Crippen LogP contribution in [0.2, 0.25) is 0 Å². The second-order valence-corrected chi connectivity index (χ2v) is 9.57. The van der Waals surface area contributed by atoms with E-state index in [1.165, 1.54) is 6.20 Å². The van der Waals surface area contributed by atoms with E-state index in [9.17, 15) is 19.5 Å². The standard InChI is InChI=1S/C23H28FN3O5/c1-23(2,3)32-22(31)25-13-7-8-26(11-13)19-10-18-15(9-17(19)24)20(28)16(21(29)30)12-27(18)14-5-4-6-14/h9-10,12-14H,4-8,11H2,1-3H3,(H,25,31)(H,29,30). The molecule has 2 heterocycles. The summed E-state index contributed by atoms with van der Waals surface area (Å²) in [4.78, 5) is 38.1. The minimum atomic E-state index is -1.31. The molecule has 0 radical (unpaired) electrons. The Balaban J connectivity index is 1.65. The van der Waals surface area contributed by atoms with Crippen molar-refractivity contribution in [1.82, 2.24) is 9.88 Å². The molecule has 2 aliphatic rings. The van der Waals surface area contributed by atoms with Crippen molar-refractivity contribution in [3.8, 4) is 0 Å². The quantitative estimate of drug-likeness (QED) is 0.745. The van der Waals surface area contributed by atoms with Crippen molar-refractivity contribution in [1.29, 1.82) is 0 Å². The SMILES string of the molecule is CC(C)(C)OC(=O)NC1CCN(c2cc3c(cc2F)c(=O)c(C(=O)O)cn3C2CCC2)C1. The van der Waals surface area contributed by atoms with Gasteiger partial charge in [-0.05, 0) is 58.6 Å². The second kappa shape index (κ2) is 8.11. The average Bonchev–Trinajstić information content (AvgIpc) is 3.08. The van der Waals surface area contributed by atoms with E-state index in [1.54, 1.807) is 31.4 Å². The van der Waals surface area contributed by atoms with Crippen LogP contribution in [0.15, 0.2) is 23.1 Å². The van der Waals surface area contributed by atoms with Crippen molar-refractivity contribution in [2.75, 3.05) is 18.0 Å². The van der Waals surface area contributed by atoms with E-state index in [0.717, 1.165) is 25.3 Å². The molecule has 1 aromatic heterocycles. The Morgan fingerprint density at radius 3 is 2.53 bits per heavy atom. The maximum atomic E-state index is 15.1. The lowest BCUT2D eigenvalue weighted by Crippen LogP contribution is -2.40. The molecule has 172 valence electrons. The van der Waals surface area contributed by atoms with Gasteiger partial charge in [0.1, 0.15) is 17.0 Å². The fourth-order valence-electron chi connectivity index (χ4n) is 4.29. The number of amides is 1. The number of carbonyl (C=O) groups is 2. The molecule has 9 heteroatoms. The summed E-state index contributed by atoms with van der Waals surface area (Å²) < 4.78 is 22.2. The molecule has 1 unspecified atom stereocenters. The average molecular weight is 445 g/mol. The number of hydrogen-bond acceptors (Lipinski definition) is 5. The monoisotopic (exact) mass is 445 g/mol. The van der Waals surface area contributed by atoms with Gasteiger partial charge in [-0.2, -0.15) is 0 Å². The Morgan fingerprint density at radius 1 is 1.22 bits per heavy atom. The van der Waals surface area contributed by atoms with E-state index in [-0.39, 0.29) is 23.0 Å². The van der Waals surface area contributed by atoms with Crippen LogP contribution in [0, 0.1) is 5.82 Å². The van der Waals surface area contributed by atoms with E-state index in [1.807, 2.05) is 4.90 Å². The zero-order chi connectivity index (χ0) is 23.2. The topological polar surface area (TPSA) is 101 Å². The first kappa shape index (κ1) is 22.1. The predicted molar refractivity (Wildman–Crippen MR) is 118 cm³/mol. The van der Waals surface area contributed by atoms with Crippen LogP contribution in [0.3, 0.4) is 0 Å². The van der Waals surface area contributed by atoms with E-state index in [0.29, 0.717) is 30.7 Å². The first-order valence-electron chi connectivity index (χ1n) is 10.9. The molecule has 1 aliphatic heterocycles. The van der Waals surface area contributed by atoms with Gasteiger partial charge in [-0.1, -0.05) is 0 Å². The van der Waals surface area contributed by atoms with Crippen LogP contribution in [-0.2, 0) is 4.74 Å². The van der Waals surface area contributed by atoms with E-state index >= 15 is 4.39 Å². The zero-order valence-electron chi connectivity index (χ0n) is 18.5. The number of benzene rings is 1. The van der Waals surface area contributed by atoms with Gasteiger partial charge < -0.3 is 24.6 Å². The molecule has 1 amide bonds. The van der Waals surface area contributed by atoms with Gasteiger partial charge in [0.25, 0.3) is 0 Å². The Bertz CT molecular complexity index is 1130. The highest BCUT2D eigenvalue weighted by molar-refractivity contribution is 5.93. The molecule has 32 heavy (non-hydrogen) atoms. The molecule has 4 rings (SSSR count). The third-order valence-electron chi connectivity index (χ3n) is 6.05. The molecule has 2 N–H and O–H groups in total. The number of anilines is 1.